The van der Waals surface area contributed by atoms with Crippen LogP contribution in [0.25, 0.3) is 0 Å². The molecule has 2 heterocycles. The van der Waals surface area contributed by atoms with E-state index in [1.165, 1.54) is 10.4 Å². The zero-order valence-electron chi connectivity index (χ0n) is 16.1. The van der Waals surface area contributed by atoms with Crippen LogP contribution in [-0.2, 0) is 17.9 Å². The first-order valence-corrected chi connectivity index (χ1v) is 10.1. The molecule has 148 valence electrons. The normalized spacial score (nSPS) is 17.0. The first-order chi connectivity index (χ1) is 12.7. The van der Waals surface area contributed by atoms with Crippen LogP contribution >= 0.6 is 35.3 Å². The predicted molar refractivity (Wildman–Crippen MR) is 123 cm³/mol. The zero-order chi connectivity index (χ0) is 18.2. The van der Waals surface area contributed by atoms with Gasteiger partial charge in [-0.1, -0.05) is 30.3 Å². The van der Waals surface area contributed by atoms with Crippen LogP contribution in [0.1, 0.15) is 28.8 Å². The number of nitrogens with one attached hydrogen (secondary N) is 1. The number of hydrogen-bond acceptors (Lipinski definition) is 4. The molecule has 0 radical (unpaired) electrons. The summed E-state index contributed by atoms with van der Waals surface area (Å²) in [6.07, 6.45) is 3.08. The molecular weight excluding hydrogens is 471 g/mol. The second kappa shape index (κ2) is 11.6. The Kier molecular flexibility index (Phi) is 9.50. The molecule has 1 fully saturated rings. The van der Waals surface area contributed by atoms with E-state index in [0.717, 1.165) is 43.6 Å². The topological polar surface area (TPSA) is 49.8 Å². The van der Waals surface area contributed by atoms with Crippen LogP contribution in [0.4, 0.5) is 0 Å². The Labute approximate surface area is 183 Å². The number of aromatic nitrogens is 1. The number of thiazole rings is 1. The summed E-state index contributed by atoms with van der Waals surface area (Å²) in [4.78, 5) is 12.7. The van der Waals surface area contributed by atoms with Crippen molar-refractivity contribution in [1.82, 2.24) is 15.2 Å². The largest absolute Gasteiger partial charge is 0.376 e. The molecule has 1 saturated heterocycles. The van der Waals surface area contributed by atoms with Crippen LogP contribution in [-0.4, -0.2) is 42.1 Å². The Morgan fingerprint density at radius 2 is 2.19 bits per heavy atom. The number of aryl methyl sites for hydroxylation is 1. The van der Waals surface area contributed by atoms with Gasteiger partial charge in [0, 0.05) is 36.6 Å². The molecule has 1 atom stereocenters. The number of benzene rings is 1. The summed E-state index contributed by atoms with van der Waals surface area (Å²) in [5.41, 5.74) is 1.23. The molecule has 3 rings (SSSR count). The molecule has 2 aromatic rings. The SMILES string of the molecule is CCNC(=NCc1cnc(C)s1)N1CCC(COCc2ccccc2)C1.I. The highest BCUT2D eigenvalue weighted by Gasteiger charge is 2.25. The summed E-state index contributed by atoms with van der Waals surface area (Å²) in [5, 5.41) is 4.52. The monoisotopic (exact) mass is 500 g/mol. The van der Waals surface area contributed by atoms with Gasteiger partial charge in [0.1, 0.15) is 0 Å². The number of nitrogens with zero attached hydrogens (tertiary/aromatic N) is 3. The number of ether oxygens (including phenoxy) is 1. The van der Waals surface area contributed by atoms with Crippen molar-refractivity contribution in [2.45, 2.75) is 33.4 Å². The predicted octanol–water partition coefficient (Wildman–Crippen LogP) is 4.07. The average molecular weight is 500 g/mol. The molecule has 27 heavy (non-hydrogen) atoms. The second-order valence-corrected chi connectivity index (χ2v) is 7.94. The fourth-order valence-corrected chi connectivity index (χ4v) is 3.86. The maximum atomic E-state index is 5.93. The molecule has 7 heteroatoms. The molecule has 0 aliphatic carbocycles. The maximum Gasteiger partial charge on any atom is 0.194 e. The van der Waals surface area contributed by atoms with Crippen molar-refractivity contribution < 1.29 is 4.74 Å². The fraction of sp³-hybridized carbons (Fsp3) is 0.500. The van der Waals surface area contributed by atoms with Gasteiger partial charge < -0.3 is 15.0 Å². The van der Waals surface area contributed by atoms with Crippen LogP contribution in [0.3, 0.4) is 0 Å². The Hall–Kier alpha value is -1.19. The van der Waals surface area contributed by atoms with E-state index in [0.29, 0.717) is 19.1 Å². The first kappa shape index (κ1) is 22.1. The van der Waals surface area contributed by atoms with Crippen LogP contribution < -0.4 is 5.32 Å². The molecule has 1 aliphatic heterocycles. The minimum Gasteiger partial charge on any atom is -0.376 e. The van der Waals surface area contributed by atoms with Crippen molar-refractivity contribution in [3.05, 3.63) is 52.0 Å². The van der Waals surface area contributed by atoms with E-state index in [9.17, 15) is 0 Å². The summed E-state index contributed by atoms with van der Waals surface area (Å²) < 4.78 is 5.93. The average Bonchev–Trinajstić information content (AvgIpc) is 3.29. The lowest BCUT2D eigenvalue weighted by molar-refractivity contribution is 0.0906. The summed E-state index contributed by atoms with van der Waals surface area (Å²) >= 11 is 1.72. The van der Waals surface area contributed by atoms with Crippen LogP contribution in [0.5, 0.6) is 0 Å². The number of guanidine groups is 1. The molecule has 0 spiro atoms. The molecule has 1 N–H and O–H groups in total. The number of aliphatic imine (C=N–C) groups is 1. The van der Waals surface area contributed by atoms with Gasteiger partial charge in [-0.2, -0.15) is 0 Å². The summed E-state index contributed by atoms with van der Waals surface area (Å²) in [7, 11) is 0. The van der Waals surface area contributed by atoms with E-state index in [1.807, 2.05) is 19.2 Å². The number of halogens is 1. The molecule has 1 aliphatic rings. The van der Waals surface area contributed by atoms with E-state index in [-0.39, 0.29) is 24.0 Å². The zero-order valence-corrected chi connectivity index (χ0v) is 19.2. The van der Waals surface area contributed by atoms with Crippen molar-refractivity contribution in [2.75, 3.05) is 26.2 Å². The Balaban J connectivity index is 0.00000261. The molecule has 0 amide bonds. The van der Waals surface area contributed by atoms with Crippen molar-refractivity contribution in [1.29, 1.82) is 0 Å². The molecule has 1 unspecified atom stereocenters. The van der Waals surface area contributed by atoms with Gasteiger partial charge >= 0.3 is 0 Å². The minimum atomic E-state index is 0. The van der Waals surface area contributed by atoms with Gasteiger partial charge in [-0.15, -0.1) is 35.3 Å². The molecule has 1 aromatic carbocycles. The third kappa shape index (κ3) is 7.04. The molecule has 5 nitrogen and oxygen atoms in total. The van der Waals surface area contributed by atoms with Gasteiger partial charge in [-0.05, 0) is 25.8 Å². The van der Waals surface area contributed by atoms with E-state index in [4.69, 9.17) is 9.73 Å². The molecule has 0 bridgehead atoms. The number of rotatable bonds is 7. The fourth-order valence-electron chi connectivity index (χ4n) is 3.14. The lowest BCUT2D eigenvalue weighted by atomic mass is 10.1. The third-order valence-corrected chi connectivity index (χ3v) is 5.34. The van der Waals surface area contributed by atoms with E-state index in [1.54, 1.807) is 11.3 Å². The standard InChI is InChI=1S/C20H28N4OS.HI/c1-3-21-20(23-12-19-11-22-16(2)26-19)24-10-9-18(13-24)15-25-14-17-7-5-4-6-8-17;/h4-8,11,18H,3,9-10,12-15H2,1-2H3,(H,21,23);1H. The highest BCUT2D eigenvalue weighted by atomic mass is 127. The lowest BCUT2D eigenvalue weighted by Gasteiger charge is -2.21. The van der Waals surface area contributed by atoms with Crippen molar-refractivity contribution in [3.8, 4) is 0 Å². The van der Waals surface area contributed by atoms with E-state index < -0.39 is 0 Å². The smallest absolute Gasteiger partial charge is 0.194 e. The van der Waals surface area contributed by atoms with Gasteiger partial charge in [0.2, 0.25) is 0 Å². The second-order valence-electron chi connectivity index (χ2n) is 6.62. The number of likely N-dealkylation sites (tertiary alicyclic amines) is 1. The Bertz CT molecular complexity index is 707. The van der Waals surface area contributed by atoms with Crippen molar-refractivity contribution >= 4 is 41.3 Å². The highest BCUT2D eigenvalue weighted by molar-refractivity contribution is 14.0. The summed E-state index contributed by atoms with van der Waals surface area (Å²) in [6, 6.07) is 10.4. The van der Waals surface area contributed by atoms with E-state index in [2.05, 4.69) is 46.4 Å². The van der Waals surface area contributed by atoms with Crippen LogP contribution in [0.2, 0.25) is 0 Å². The quantitative estimate of drug-likeness (QED) is 0.354. The Morgan fingerprint density at radius 1 is 1.37 bits per heavy atom. The van der Waals surface area contributed by atoms with Crippen molar-refractivity contribution in [2.24, 2.45) is 10.9 Å². The Morgan fingerprint density at radius 3 is 2.89 bits per heavy atom. The maximum absolute atomic E-state index is 5.93. The van der Waals surface area contributed by atoms with Gasteiger partial charge in [0.25, 0.3) is 0 Å². The number of hydrogen-bond donors (Lipinski definition) is 1. The first-order valence-electron chi connectivity index (χ1n) is 9.31. The van der Waals surface area contributed by atoms with Gasteiger partial charge in [0.15, 0.2) is 5.96 Å². The van der Waals surface area contributed by atoms with Crippen molar-refractivity contribution in [3.63, 3.8) is 0 Å². The summed E-state index contributed by atoms with van der Waals surface area (Å²) in [5.74, 6) is 1.57. The highest BCUT2D eigenvalue weighted by Crippen LogP contribution is 2.18. The van der Waals surface area contributed by atoms with E-state index >= 15 is 0 Å². The van der Waals surface area contributed by atoms with Crippen LogP contribution in [0.15, 0.2) is 41.5 Å². The molecule has 1 aromatic heterocycles. The van der Waals surface area contributed by atoms with Crippen LogP contribution in [0, 0.1) is 12.8 Å². The molecular formula is C20H29IN4OS. The van der Waals surface area contributed by atoms with Gasteiger partial charge in [-0.25, -0.2) is 9.98 Å². The lowest BCUT2D eigenvalue weighted by Crippen LogP contribution is -2.40. The molecule has 0 saturated carbocycles. The van der Waals surface area contributed by atoms with Gasteiger partial charge in [-0.3, -0.25) is 0 Å². The minimum absolute atomic E-state index is 0. The van der Waals surface area contributed by atoms with Gasteiger partial charge in [0.05, 0.1) is 24.8 Å². The summed E-state index contributed by atoms with van der Waals surface area (Å²) in [6.45, 7) is 9.25. The third-order valence-electron chi connectivity index (χ3n) is 4.44.